The Kier molecular flexibility index (Phi) is 3.23. The zero-order chi connectivity index (χ0) is 14.2. The molecule has 1 aromatic carbocycles. The van der Waals surface area contributed by atoms with E-state index in [1.54, 1.807) is 17.7 Å². The van der Waals surface area contributed by atoms with Crippen molar-refractivity contribution in [2.24, 2.45) is 7.05 Å². The fraction of sp³-hybridized carbons (Fsp3) is 0.250. The number of anilines is 2. The van der Waals surface area contributed by atoms with Crippen molar-refractivity contribution < 1.29 is 8.42 Å². The van der Waals surface area contributed by atoms with Crippen LogP contribution in [0, 0.1) is 13.8 Å². The molecule has 0 aliphatic rings. The largest absolute Gasteiger partial charge is 0.397 e. The number of nitrogen functional groups attached to an aromatic ring is 1. The van der Waals surface area contributed by atoms with Gasteiger partial charge in [-0.2, -0.15) is 8.42 Å². The second-order valence-corrected chi connectivity index (χ2v) is 6.08. The molecule has 0 amide bonds. The van der Waals surface area contributed by atoms with Crippen LogP contribution < -0.4 is 10.5 Å². The molecule has 0 spiro atoms. The third-order valence-electron chi connectivity index (χ3n) is 2.96. The van der Waals surface area contributed by atoms with Gasteiger partial charge in [0, 0.05) is 13.2 Å². The average molecular weight is 280 g/mol. The smallest absolute Gasteiger partial charge is 0.281 e. The first kappa shape index (κ1) is 13.4. The van der Waals surface area contributed by atoms with Crippen LogP contribution in [0.5, 0.6) is 0 Å². The van der Waals surface area contributed by atoms with Crippen molar-refractivity contribution in [2.75, 3.05) is 10.5 Å². The summed E-state index contributed by atoms with van der Waals surface area (Å²) in [6, 6.07) is 3.53. The molecule has 2 rings (SSSR count). The van der Waals surface area contributed by atoms with Crippen molar-refractivity contribution in [3.8, 4) is 0 Å². The predicted octanol–water partition coefficient (Wildman–Crippen LogP) is 1.42. The number of hydrogen-bond acceptors (Lipinski definition) is 4. The van der Waals surface area contributed by atoms with Crippen molar-refractivity contribution in [1.82, 2.24) is 9.55 Å². The lowest BCUT2D eigenvalue weighted by molar-refractivity contribution is 0.598. The first-order valence-corrected chi connectivity index (χ1v) is 7.16. The van der Waals surface area contributed by atoms with Gasteiger partial charge in [-0.3, -0.25) is 4.72 Å². The summed E-state index contributed by atoms with van der Waals surface area (Å²) >= 11 is 0. The van der Waals surface area contributed by atoms with Gasteiger partial charge in [0.25, 0.3) is 10.0 Å². The molecule has 3 N–H and O–H groups in total. The van der Waals surface area contributed by atoms with Crippen LogP contribution in [0.4, 0.5) is 11.4 Å². The van der Waals surface area contributed by atoms with Crippen LogP contribution in [-0.4, -0.2) is 18.0 Å². The third-order valence-corrected chi connectivity index (χ3v) is 4.20. The van der Waals surface area contributed by atoms with Crippen LogP contribution in [0.1, 0.15) is 11.1 Å². The number of aromatic nitrogens is 2. The van der Waals surface area contributed by atoms with Gasteiger partial charge in [-0.1, -0.05) is 6.07 Å². The molecular formula is C12H16N4O2S. The summed E-state index contributed by atoms with van der Waals surface area (Å²) < 4.78 is 28.4. The van der Waals surface area contributed by atoms with E-state index in [9.17, 15) is 8.42 Å². The molecule has 0 fully saturated rings. The highest BCUT2D eigenvalue weighted by Gasteiger charge is 2.19. The van der Waals surface area contributed by atoms with Gasteiger partial charge in [-0.25, -0.2) is 4.98 Å². The molecule has 0 aliphatic heterocycles. The standard InChI is InChI=1S/C12H16N4O2S/c1-8-4-5-10(13)12(9(8)2)15-19(17,18)11-6-16(3)7-14-11/h4-7,15H,13H2,1-3H3. The van der Waals surface area contributed by atoms with E-state index >= 15 is 0 Å². The Bertz CT molecular complexity index is 719. The van der Waals surface area contributed by atoms with Crippen molar-refractivity contribution in [2.45, 2.75) is 18.9 Å². The normalized spacial score (nSPS) is 11.5. The van der Waals surface area contributed by atoms with E-state index in [0.717, 1.165) is 11.1 Å². The SMILES string of the molecule is Cc1ccc(N)c(NS(=O)(=O)c2cn(C)cn2)c1C. The molecule has 1 aromatic heterocycles. The third kappa shape index (κ3) is 2.55. The summed E-state index contributed by atoms with van der Waals surface area (Å²) in [4.78, 5) is 3.84. The summed E-state index contributed by atoms with van der Waals surface area (Å²) in [5.41, 5.74) is 8.40. The molecule has 0 bridgehead atoms. The number of rotatable bonds is 3. The van der Waals surface area contributed by atoms with Crippen LogP contribution >= 0.6 is 0 Å². The van der Waals surface area contributed by atoms with E-state index in [1.165, 1.54) is 12.5 Å². The molecular weight excluding hydrogens is 264 g/mol. The summed E-state index contributed by atoms with van der Waals surface area (Å²) in [5.74, 6) is 0. The van der Waals surface area contributed by atoms with Gasteiger partial charge < -0.3 is 10.3 Å². The first-order valence-electron chi connectivity index (χ1n) is 5.68. The van der Waals surface area contributed by atoms with Gasteiger partial charge in [0.05, 0.1) is 17.7 Å². The molecule has 19 heavy (non-hydrogen) atoms. The lowest BCUT2D eigenvalue weighted by Crippen LogP contribution is -2.15. The fourth-order valence-electron chi connectivity index (χ4n) is 1.69. The van der Waals surface area contributed by atoms with Crippen molar-refractivity contribution >= 4 is 21.4 Å². The number of nitrogens with two attached hydrogens (primary N) is 1. The number of sulfonamides is 1. The maximum atomic E-state index is 12.2. The van der Waals surface area contributed by atoms with Gasteiger partial charge in [-0.15, -0.1) is 0 Å². The second kappa shape index (κ2) is 4.58. The molecule has 0 atom stereocenters. The van der Waals surface area contributed by atoms with Gasteiger partial charge in [0.1, 0.15) is 0 Å². The molecule has 0 unspecified atom stereocenters. The highest BCUT2D eigenvalue weighted by Crippen LogP contribution is 2.27. The molecule has 6 nitrogen and oxygen atoms in total. The molecule has 1 heterocycles. The van der Waals surface area contributed by atoms with Crippen LogP contribution in [0.3, 0.4) is 0 Å². The predicted molar refractivity (Wildman–Crippen MR) is 74.3 cm³/mol. The summed E-state index contributed by atoms with van der Waals surface area (Å²) in [6.07, 6.45) is 2.87. The van der Waals surface area contributed by atoms with E-state index in [-0.39, 0.29) is 5.03 Å². The van der Waals surface area contributed by atoms with Gasteiger partial charge in [0.15, 0.2) is 5.03 Å². The minimum Gasteiger partial charge on any atom is -0.397 e. The number of aryl methyl sites for hydroxylation is 2. The summed E-state index contributed by atoms with van der Waals surface area (Å²) in [6.45, 7) is 3.72. The van der Waals surface area contributed by atoms with E-state index in [1.807, 2.05) is 19.9 Å². The minimum absolute atomic E-state index is 0.0321. The topological polar surface area (TPSA) is 90.0 Å². The lowest BCUT2D eigenvalue weighted by Gasteiger charge is -2.13. The number of imidazole rings is 1. The van der Waals surface area contributed by atoms with E-state index in [4.69, 9.17) is 5.73 Å². The van der Waals surface area contributed by atoms with E-state index < -0.39 is 10.0 Å². The Labute approximate surface area is 112 Å². The highest BCUT2D eigenvalue weighted by atomic mass is 32.2. The summed E-state index contributed by atoms with van der Waals surface area (Å²) in [5, 5.41) is -0.0321. The highest BCUT2D eigenvalue weighted by molar-refractivity contribution is 7.92. The Morgan fingerprint density at radius 3 is 2.58 bits per heavy atom. The maximum absolute atomic E-state index is 12.2. The fourth-order valence-corrected chi connectivity index (χ4v) is 2.82. The van der Waals surface area contributed by atoms with Crippen molar-refractivity contribution in [3.63, 3.8) is 0 Å². The summed E-state index contributed by atoms with van der Waals surface area (Å²) in [7, 11) is -2.01. The number of nitrogens with one attached hydrogen (secondary N) is 1. The van der Waals surface area contributed by atoms with Crippen molar-refractivity contribution in [3.05, 3.63) is 35.8 Å². The lowest BCUT2D eigenvalue weighted by atomic mass is 10.1. The van der Waals surface area contributed by atoms with Crippen LogP contribution in [-0.2, 0) is 17.1 Å². The minimum atomic E-state index is -3.72. The van der Waals surface area contributed by atoms with Gasteiger partial charge in [-0.05, 0) is 31.0 Å². The Hall–Kier alpha value is -2.02. The van der Waals surface area contributed by atoms with Crippen LogP contribution in [0.2, 0.25) is 0 Å². The average Bonchev–Trinajstić information content (AvgIpc) is 2.77. The zero-order valence-electron chi connectivity index (χ0n) is 11.0. The van der Waals surface area contributed by atoms with Crippen LogP contribution in [0.25, 0.3) is 0 Å². The molecule has 0 radical (unpaired) electrons. The molecule has 0 aliphatic carbocycles. The molecule has 0 saturated carbocycles. The quantitative estimate of drug-likeness (QED) is 0.832. The zero-order valence-corrected chi connectivity index (χ0v) is 11.8. The second-order valence-electron chi connectivity index (χ2n) is 4.45. The van der Waals surface area contributed by atoms with Gasteiger partial charge >= 0.3 is 0 Å². The molecule has 0 saturated heterocycles. The molecule has 7 heteroatoms. The maximum Gasteiger partial charge on any atom is 0.281 e. The Morgan fingerprint density at radius 2 is 2.00 bits per heavy atom. The van der Waals surface area contributed by atoms with Gasteiger partial charge in [0.2, 0.25) is 0 Å². The van der Waals surface area contributed by atoms with Crippen molar-refractivity contribution in [1.29, 1.82) is 0 Å². The van der Waals surface area contributed by atoms with Crippen LogP contribution in [0.15, 0.2) is 29.7 Å². The number of benzene rings is 1. The van der Waals surface area contributed by atoms with E-state index in [2.05, 4.69) is 9.71 Å². The Balaban J connectivity index is 2.44. The van der Waals surface area contributed by atoms with E-state index in [0.29, 0.717) is 11.4 Å². The number of nitrogens with zero attached hydrogens (tertiary/aromatic N) is 2. The monoisotopic (exact) mass is 280 g/mol. The number of hydrogen-bond donors (Lipinski definition) is 2. The molecule has 2 aromatic rings. The Morgan fingerprint density at radius 1 is 1.32 bits per heavy atom. The molecule has 102 valence electrons. The first-order chi connectivity index (χ1) is 8.81.